The third kappa shape index (κ3) is 6.63. The lowest BCUT2D eigenvalue weighted by Gasteiger charge is -2.14. The van der Waals surface area contributed by atoms with Crippen molar-refractivity contribution in [1.82, 2.24) is 5.32 Å². The van der Waals surface area contributed by atoms with Crippen molar-refractivity contribution in [3.05, 3.63) is 89.5 Å². The molecule has 0 radical (unpaired) electrons. The van der Waals surface area contributed by atoms with Crippen molar-refractivity contribution in [3.63, 3.8) is 0 Å². The Morgan fingerprint density at radius 1 is 0.879 bits per heavy atom. The van der Waals surface area contributed by atoms with E-state index in [0.29, 0.717) is 35.0 Å². The topological polar surface area (TPSA) is 79.5 Å². The molecule has 0 fully saturated rings. The molecule has 0 saturated carbocycles. The van der Waals surface area contributed by atoms with Crippen LogP contribution in [0.1, 0.15) is 53.0 Å². The summed E-state index contributed by atoms with van der Waals surface area (Å²) in [6.07, 6.45) is 0. The third-order valence-corrected chi connectivity index (χ3v) is 5.11. The van der Waals surface area contributed by atoms with Gasteiger partial charge in [0, 0.05) is 11.3 Å². The van der Waals surface area contributed by atoms with Crippen molar-refractivity contribution in [2.75, 3.05) is 17.2 Å². The Morgan fingerprint density at radius 2 is 1.55 bits per heavy atom. The first-order valence-electron chi connectivity index (χ1n) is 10.7. The molecular formula is C26H27N3O3S. The molecule has 0 saturated heterocycles. The van der Waals surface area contributed by atoms with Crippen LogP contribution in [0.15, 0.2) is 72.8 Å². The highest BCUT2D eigenvalue weighted by Gasteiger charge is 2.14. The molecule has 0 aliphatic carbocycles. The summed E-state index contributed by atoms with van der Waals surface area (Å²) in [6.45, 7) is 6.68. The van der Waals surface area contributed by atoms with Crippen LogP contribution in [0.2, 0.25) is 0 Å². The Kier molecular flexibility index (Phi) is 8.16. The largest absolute Gasteiger partial charge is 0.494 e. The molecular weight excluding hydrogens is 434 g/mol. The minimum Gasteiger partial charge on any atom is -0.494 e. The molecule has 0 aromatic heterocycles. The van der Waals surface area contributed by atoms with E-state index in [2.05, 4.69) is 29.8 Å². The van der Waals surface area contributed by atoms with Gasteiger partial charge in [-0.15, -0.1) is 0 Å². The molecule has 0 unspecified atom stereocenters. The van der Waals surface area contributed by atoms with Crippen molar-refractivity contribution in [1.29, 1.82) is 0 Å². The van der Waals surface area contributed by atoms with Crippen LogP contribution in [-0.4, -0.2) is 23.5 Å². The van der Waals surface area contributed by atoms with Gasteiger partial charge in [-0.1, -0.05) is 38.1 Å². The van der Waals surface area contributed by atoms with E-state index < -0.39 is 0 Å². The van der Waals surface area contributed by atoms with E-state index in [-0.39, 0.29) is 16.9 Å². The van der Waals surface area contributed by atoms with Crippen LogP contribution in [0.5, 0.6) is 5.75 Å². The van der Waals surface area contributed by atoms with Gasteiger partial charge in [-0.05, 0) is 79.2 Å². The van der Waals surface area contributed by atoms with Gasteiger partial charge in [0.1, 0.15) is 5.75 Å². The predicted octanol–water partition coefficient (Wildman–Crippen LogP) is 5.59. The maximum absolute atomic E-state index is 12.8. The summed E-state index contributed by atoms with van der Waals surface area (Å²) in [5.41, 5.74) is 3.18. The minimum absolute atomic E-state index is 0.106. The zero-order chi connectivity index (χ0) is 23.8. The number of carbonyl (C=O) groups is 2. The molecule has 3 N–H and O–H groups in total. The molecule has 170 valence electrons. The Labute approximate surface area is 199 Å². The number of benzene rings is 3. The Balaban J connectivity index is 1.65. The van der Waals surface area contributed by atoms with Crippen molar-refractivity contribution in [2.24, 2.45) is 0 Å². The van der Waals surface area contributed by atoms with E-state index in [1.807, 2.05) is 19.1 Å². The van der Waals surface area contributed by atoms with Gasteiger partial charge in [0.05, 0.1) is 17.9 Å². The molecule has 33 heavy (non-hydrogen) atoms. The SMILES string of the molecule is CCOc1ccc(NC(=O)c2ccccc2NC(=S)NC(=O)c2ccc(C(C)C)cc2)cc1. The molecule has 0 spiro atoms. The van der Waals surface area contributed by atoms with Gasteiger partial charge in [0.15, 0.2) is 5.11 Å². The molecule has 2 amide bonds. The van der Waals surface area contributed by atoms with Gasteiger partial charge in [-0.2, -0.15) is 0 Å². The highest BCUT2D eigenvalue weighted by Crippen LogP contribution is 2.20. The summed E-state index contributed by atoms with van der Waals surface area (Å²) in [6, 6.07) is 21.5. The molecule has 0 aliphatic heterocycles. The number of thiocarbonyl (C=S) groups is 1. The number of anilines is 2. The number of carbonyl (C=O) groups excluding carboxylic acids is 2. The molecule has 3 aromatic carbocycles. The second-order valence-corrected chi connectivity index (χ2v) is 8.05. The maximum Gasteiger partial charge on any atom is 0.257 e. The molecule has 3 rings (SSSR count). The number of para-hydroxylation sites is 1. The zero-order valence-corrected chi connectivity index (χ0v) is 19.7. The number of amides is 2. The van der Waals surface area contributed by atoms with Crippen LogP contribution in [0.25, 0.3) is 0 Å². The monoisotopic (exact) mass is 461 g/mol. The second kappa shape index (κ2) is 11.2. The quantitative estimate of drug-likeness (QED) is 0.400. The molecule has 0 atom stereocenters. The van der Waals surface area contributed by atoms with Gasteiger partial charge in [-0.25, -0.2) is 0 Å². The van der Waals surface area contributed by atoms with E-state index in [1.54, 1.807) is 60.7 Å². The highest BCUT2D eigenvalue weighted by atomic mass is 32.1. The van der Waals surface area contributed by atoms with Crippen LogP contribution in [-0.2, 0) is 0 Å². The van der Waals surface area contributed by atoms with E-state index in [0.717, 1.165) is 11.3 Å². The normalized spacial score (nSPS) is 10.4. The van der Waals surface area contributed by atoms with Crippen LogP contribution in [0.3, 0.4) is 0 Å². The summed E-state index contributed by atoms with van der Waals surface area (Å²) >= 11 is 5.31. The van der Waals surface area contributed by atoms with E-state index in [9.17, 15) is 9.59 Å². The van der Waals surface area contributed by atoms with Crippen molar-refractivity contribution < 1.29 is 14.3 Å². The molecule has 0 aliphatic rings. The number of rotatable bonds is 7. The van der Waals surface area contributed by atoms with Crippen molar-refractivity contribution in [2.45, 2.75) is 26.7 Å². The van der Waals surface area contributed by atoms with Crippen molar-refractivity contribution in [3.8, 4) is 5.75 Å². The van der Waals surface area contributed by atoms with Gasteiger partial charge in [0.25, 0.3) is 11.8 Å². The lowest BCUT2D eigenvalue weighted by molar-refractivity contribution is 0.0976. The Bertz CT molecular complexity index is 1130. The summed E-state index contributed by atoms with van der Waals surface area (Å²) in [5, 5.41) is 8.58. The predicted molar refractivity (Wildman–Crippen MR) is 136 cm³/mol. The third-order valence-electron chi connectivity index (χ3n) is 4.91. The number of nitrogens with one attached hydrogen (secondary N) is 3. The van der Waals surface area contributed by atoms with E-state index >= 15 is 0 Å². The first-order chi connectivity index (χ1) is 15.9. The lowest BCUT2D eigenvalue weighted by atomic mass is 10.0. The van der Waals surface area contributed by atoms with E-state index in [4.69, 9.17) is 17.0 Å². The average Bonchev–Trinajstić information content (AvgIpc) is 2.80. The maximum atomic E-state index is 12.8. The standard InChI is InChI=1S/C26H27N3O3S/c1-4-32-21-15-13-20(14-16-21)27-25(31)22-7-5-6-8-23(22)28-26(33)29-24(30)19-11-9-18(10-12-19)17(2)3/h5-17H,4H2,1-3H3,(H,27,31)(H2,28,29,30,33). The molecule has 0 heterocycles. The fourth-order valence-electron chi connectivity index (χ4n) is 3.14. The summed E-state index contributed by atoms with van der Waals surface area (Å²) < 4.78 is 5.42. The highest BCUT2D eigenvalue weighted by molar-refractivity contribution is 7.80. The average molecular weight is 462 g/mol. The number of ether oxygens (including phenoxy) is 1. The second-order valence-electron chi connectivity index (χ2n) is 7.64. The number of hydrogen-bond acceptors (Lipinski definition) is 4. The minimum atomic E-state index is -0.320. The van der Waals surface area contributed by atoms with Gasteiger partial charge in [0.2, 0.25) is 0 Å². The first-order valence-corrected chi connectivity index (χ1v) is 11.1. The van der Waals surface area contributed by atoms with E-state index in [1.165, 1.54) is 0 Å². The first kappa shape index (κ1) is 23.9. The van der Waals surface area contributed by atoms with Crippen LogP contribution >= 0.6 is 12.2 Å². The summed E-state index contributed by atoms with van der Waals surface area (Å²) in [5.74, 6) is 0.493. The number of hydrogen-bond donors (Lipinski definition) is 3. The lowest BCUT2D eigenvalue weighted by Crippen LogP contribution is -2.34. The van der Waals surface area contributed by atoms with Gasteiger partial charge < -0.3 is 15.4 Å². The summed E-state index contributed by atoms with van der Waals surface area (Å²) in [7, 11) is 0. The molecule has 3 aromatic rings. The van der Waals surface area contributed by atoms with Gasteiger partial charge >= 0.3 is 0 Å². The van der Waals surface area contributed by atoms with Crippen LogP contribution in [0.4, 0.5) is 11.4 Å². The van der Waals surface area contributed by atoms with Crippen molar-refractivity contribution >= 4 is 40.5 Å². The van der Waals surface area contributed by atoms with Crippen LogP contribution in [0, 0.1) is 0 Å². The summed E-state index contributed by atoms with van der Waals surface area (Å²) in [4.78, 5) is 25.4. The molecule has 6 nitrogen and oxygen atoms in total. The molecule has 0 bridgehead atoms. The Hall–Kier alpha value is -3.71. The van der Waals surface area contributed by atoms with Crippen LogP contribution < -0.4 is 20.7 Å². The zero-order valence-electron chi connectivity index (χ0n) is 18.8. The Morgan fingerprint density at radius 3 is 2.18 bits per heavy atom. The van der Waals surface area contributed by atoms with Gasteiger partial charge in [-0.3, -0.25) is 14.9 Å². The fourth-order valence-corrected chi connectivity index (χ4v) is 3.34. The molecule has 7 heteroatoms. The fraction of sp³-hybridized carbons (Fsp3) is 0.192. The smallest absolute Gasteiger partial charge is 0.257 e.